The Morgan fingerprint density at radius 3 is 3.16 bits per heavy atom. The Balaban J connectivity index is 1.80. The fourth-order valence-electron chi connectivity index (χ4n) is 2.66. The van der Waals surface area contributed by atoms with Crippen LogP contribution in [0.25, 0.3) is 0 Å². The van der Waals surface area contributed by atoms with Crippen LogP contribution in [0.15, 0.2) is 30.6 Å². The summed E-state index contributed by atoms with van der Waals surface area (Å²) in [5, 5.41) is 18.1. The molecule has 2 heterocycles. The molecule has 1 unspecified atom stereocenters. The van der Waals surface area contributed by atoms with Gasteiger partial charge >= 0.3 is 0 Å². The van der Waals surface area contributed by atoms with Gasteiger partial charge in [0.05, 0.1) is 12.3 Å². The van der Waals surface area contributed by atoms with Gasteiger partial charge in [0.2, 0.25) is 0 Å². The van der Waals surface area contributed by atoms with Crippen molar-refractivity contribution in [3.05, 3.63) is 47.3 Å². The second-order valence-corrected chi connectivity index (χ2v) is 4.98. The summed E-state index contributed by atoms with van der Waals surface area (Å²) < 4.78 is 1.88. The number of aryl methyl sites for hydroxylation is 1. The van der Waals surface area contributed by atoms with E-state index in [1.165, 1.54) is 5.56 Å². The zero-order valence-corrected chi connectivity index (χ0v) is 11.1. The molecule has 3 rings (SSSR count). The van der Waals surface area contributed by atoms with E-state index in [1.54, 1.807) is 0 Å². The molecule has 4 nitrogen and oxygen atoms in total. The second kappa shape index (κ2) is 5.05. The molecule has 0 spiro atoms. The molecule has 0 saturated heterocycles. The highest BCUT2D eigenvalue weighted by molar-refractivity contribution is 5.62. The summed E-state index contributed by atoms with van der Waals surface area (Å²) in [7, 11) is 0. The number of anilines is 1. The smallest absolute Gasteiger partial charge is 0.0851 e. The fourth-order valence-corrected chi connectivity index (χ4v) is 2.66. The van der Waals surface area contributed by atoms with Crippen LogP contribution in [0, 0.1) is 0 Å². The van der Waals surface area contributed by atoms with Crippen molar-refractivity contribution in [2.75, 3.05) is 11.9 Å². The van der Waals surface area contributed by atoms with Crippen LogP contribution in [0.5, 0.6) is 0 Å². The highest BCUT2D eigenvalue weighted by atomic mass is 16.3. The lowest BCUT2D eigenvalue weighted by molar-refractivity contribution is 0.179. The van der Waals surface area contributed by atoms with Crippen LogP contribution in [-0.2, 0) is 19.4 Å². The van der Waals surface area contributed by atoms with Crippen LogP contribution in [0.4, 0.5) is 5.69 Å². The number of aromatic nitrogens is 2. The van der Waals surface area contributed by atoms with E-state index in [-0.39, 0.29) is 0 Å². The maximum Gasteiger partial charge on any atom is 0.0851 e. The quantitative estimate of drug-likeness (QED) is 0.882. The number of fused-ring (bicyclic) bond motifs is 1. The van der Waals surface area contributed by atoms with Gasteiger partial charge in [-0.1, -0.05) is 18.2 Å². The summed E-state index contributed by atoms with van der Waals surface area (Å²) >= 11 is 0. The Labute approximate surface area is 113 Å². The van der Waals surface area contributed by atoms with Crippen LogP contribution in [-0.4, -0.2) is 21.4 Å². The summed E-state index contributed by atoms with van der Waals surface area (Å²) in [5.41, 5.74) is 4.50. The first kappa shape index (κ1) is 12.2. The zero-order chi connectivity index (χ0) is 13.2. The zero-order valence-electron chi connectivity index (χ0n) is 11.1. The molecule has 1 aromatic carbocycles. The van der Waals surface area contributed by atoms with Crippen molar-refractivity contribution in [2.45, 2.75) is 32.4 Å². The highest BCUT2D eigenvalue weighted by Crippen LogP contribution is 2.32. The topological polar surface area (TPSA) is 50.1 Å². The van der Waals surface area contributed by atoms with Gasteiger partial charge in [-0.15, -0.1) is 0 Å². The largest absolute Gasteiger partial charge is 0.388 e. The van der Waals surface area contributed by atoms with E-state index in [9.17, 15) is 5.11 Å². The highest BCUT2D eigenvalue weighted by Gasteiger charge is 2.19. The summed E-state index contributed by atoms with van der Waals surface area (Å²) in [5.74, 6) is 0. The average molecular weight is 257 g/mol. The third-order valence-electron chi connectivity index (χ3n) is 3.68. The van der Waals surface area contributed by atoms with Gasteiger partial charge in [0.15, 0.2) is 0 Å². The number of nitrogens with zero attached hydrogens (tertiary/aromatic N) is 2. The monoisotopic (exact) mass is 257 g/mol. The van der Waals surface area contributed by atoms with Crippen molar-refractivity contribution in [3.8, 4) is 0 Å². The van der Waals surface area contributed by atoms with Crippen LogP contribution in [0.3, 0.4) is 0 Å². The minimum absolute atomic E-state index is 0.477. The van der Waals surface area contributed by atoms with Gasteiger partial charge in [0.25, 0.3) is 0 Å². The predicted octanol–water partition coefficient (Wildman–Crippen LogP) is 2.15. The van der Waals surface area contributed by atoms with Gasteiger partial charge in [-0.25, -0.2) is 0 Å². The number of aliphatic hydroxyl groups excluding tert-OH is 1. The van der Waals surface area contributed by atoms with E-state index in [4.69, 9.17) is 0 Å². The molecule has 19 heavy (non-hydrogen) atoms. The van der Waals surface area contributed by atoms with E-state index in [1.807, 2.05) is 29.2 Å². The van der Waals surface area contributed by atoms with Crippen molar-refractivity contribution < 1.29 is 5.11 Å². The molecule has 1 aromatic heterocycles. The molecule has 1 atom stereocenters. The first-order chi connectivity index (χ1) is 9.28. The van der Waals surface area contributed by atoms with E-state index < -0.39 is 6.10 Å². The third-order valence-corrected chi connectivity index (χ3v) is 3.68. The standard InChI is InChI=1S/C15H19N3O/c1-2-18-10-11(9-17-18)8-14(19)13-5-3-4-12-6-7-16-15(12)13/h3-5,9-10,14,16,19H,2,6-8H2,1H3. The van der Waals surface area contributed by atoms with Gasteiger partial charge in [0.1, 0.15) is 0 Å². The number of para-hydroxylation sites is 1. The van der Waals surface area contributed by atoms with Crippen molar-refractivity contribution in [1.29, 1.82) is 0 Å². The number of benzene rings is 1. The van der Waals surface area contributed by atoms with Gasteiger partial charge in [-0.05, 0) is 24.5 Å². The third kappa shape index (κ3) is 2.36. The van der Waals surface area contributed by atoms with Gasteiger partial charge in [0, 0.05) is 37.0 Å². The van der Waals surface area contributed by atoms with Crippen molar-refractivity contribution in [2.24, 2.45) is 0 Å². The lowest BCUT2D eigenvalue weighted by atomic mass is 9.99. The fraction of sp³-hybridized carbons (Fsp3) is 0.400. The maximum absolute atomic E-state index is 10.4. The van der Waals surface area contributed by atoms with Crippen LogP contribution < -0.4 is 5.32 Å². The molecule has 0 radical (unpaired) electrons. The number of aliphatic hydroxyl groups is 1. The summed E-state index contributed by atoms with van der Waals surface area (Å²) in [6.45, 7) is 3.88. The van der Waals surface area contributed by atoms with Crippen molar-refractivity contribution >= 4 is 5.69 Å². The Hall–Kier alpha value is -1.81. The molecule has 1 aliphatic heterocycles. The predicted molar refractivity (Wildman–Crippen MR) is 75.2 cm³/mol. The Bertz CT molecular complexity index is 577. The van der Waals surface area contributed by atoms with Gasteiger partial charge < -0.3 is 10.4 Å². The molecule has 0 saturated carbocycles. The van der Waals surface area contributed by atoms with E-state index in [0.29, 0.717) is 6.42 Å². The molecule has 0 bridgehead atoms. The normalized spacial score (nSPS) is 15.1. The second-order valence-electron chi connectivity index (χ2n) is 4.98. The number of hydrogen-bond acceptors (Lipinski definition) is 3. The van der Waals surface area contributed by atoms with E-state index in [0.717, 1.165) is 36.3 Å². The van der Waals surface area contributed by atoms with Crippen molar-refractivity contribution in [3.63, 3.8) is 0 Å². The first-order valence-electron chi connectivity index (χ1n) is 6.83. The molecule has 4 heteroatoms. The molecule has 2 aromatic rings. The Morgan fingerprint density at radius 2 is 2.37 bits per heavy atom. The lowest BCUT2D eigenvalue weighted by Gasteiger charge is -2.14. The van der Waals surface area contributed by atoms with Gasteiger partial charge in [-0.2, -0.15) is 5.10 Å². The van der Waals surface area contributed by atoms with Crippen molar-refractivity contribution in [1.82, 2.24) is 9.78 Å². The van der Waals surface area contributed by atoms with E-state index in [2.05, 4.69) is 23.4 Å². The minimum atomic E-state index is -0.477. The SMILES string of the molecule is CCn1cc(CC(O)c2cccc3c2NCC3)cn1. The lowest BCUT2D eigenvalue weighted by Crippen LogP contribution is -2.05. The minimum Gasteiger partial charge on any atom is -0.388 e. The number of rotatable bonds is 4. The van der Waals surface area contributed by atoms with Crippen LogP contribution >= 0.6 is 0 Å². The first-order valence-corrected chi connectivity index (χ1v) is 6.83. The van der Waals surface area contributed by atoms with Crippen LogP contribution in [0.2, 0.25) is 0 Å². The molecule has 0 fully saturated rings. The molecular formula is C15H19N3O. The number of nitrogens with one attached hydrogen (secondary N) is 1. The number of hydrogen-bond donors (Lipinski definition) is 2. The molecular weight excluding hydrogens is 238 g/mol. The Kier molecular flexibility index (Phi) is 3.25. The molecule has 100 valence electrons. The Morgan fingerprint density at radius 1 is 1.47 bits per heavy atom. The summed E-state index contributed by atoms with van der Waals surface area (Å²) in [4.78, 5) is 0. The average Bonchev–Trinajstić information content (AvgIpc) is 3.05. The van der Waals surface area contributed by atoms with Gasteiger partial charge in [-0.3, -0.25) is 4.68 Å². The molecule has 1 aliphatic rings. The molecule has 0 amide bonds. The summed E-state index contributed by atoms with van der Waals surface area (Å²) in [6, 6.07) is 6.16. The van der Waals surface area contributed by atoms with E-state index >= 15 is 0 Å². The maximum atomic E-state index is 10.4. The molecule has 0 aliphatic carbocycles. The molecule has 2 N–H and O–H groups in total. The van der Waals surface area contributed by atoms with Crippen LogP contribution in [0.1, 0.15) is 29.7 Å². The summed E-state index contributed by atoms with van der Waals surface area (Å²) in [6.07, 6.45) is 5.01.